The monoisotopic (exact) mass is 285 g/mol. The van der Waals surface area contributed by atoms with Crippen molar-refractivity contribution in [2.45, 2.75) is 30.7 Å². The van der Waals surface area contributed by atoms with Crippen molar-refractivity contribution >= 4 is 35.1 Å². The third-order valence-electron chi connectivity index (χ3n) is 1.95. The molecule has 0 radical (unpaired) electrons. The van der Waals surface area contributed by atoms with Crippen molar-refractivity contribution in [3.05, 3.63) is 0 Å². The summed E-state index contributed by atoms with van der Waals surface area (Å²) in [5.41, 5.74) is 0. The van der Waals surface area contributed by atoms with Crippen LogP contribution < -0.4 is 0 Å². The standard InChI is InChI=1S/C10H17Cl2NO4/c1-4-9(15)17-6-16-7(10(11)12)5-8(14)13(2)3/h7,10H,4-6H2,1-3H3. The highest BCUT2D eigenvalue weighted by atomic mass is 35.5. The van der Waals surface area contributed by atoms with E-state index in [1.54, 1.807) is 21.0 Å². The lowest BCUT2D eigenvalue weighted by atomic mass is 10.2. The number of hydrogen-bond donors (Lipinski definition) is 0. The molecule has 0 N–H and O–H groups in total. The van der Waals surface area contributed by atoms with E-state index in [2.05, 4.69) is 0 Å². The van der Waals surface area contributed by atoms with Gasteiger partial charge in [-0.15, -0.1) is 23.2 Å². The molecular formula is C10H17Cl2NO4. The summed E-state index contributed by atoms with van der Waals surface area (Å²) in [6, 6.07) is 0. The summed E-state index contributed by atoms with van der Waals surface area (Å²) < 4.78 is 9.85. The number of rotatable bonds is 7. The summed E-state index contributed by atoms with van der Waals surface area (Å²) in [5.74, 6) is -0.550. The Kier molecular flexibility index (Phi) is 8.29. The molecular weight excluding hydrogens is 269 g/mol. The van der Waals surface area contributed by atoms with E-state index < -0.39 is 10.9 Å². The number of ether oxygens (including phenoxy) is 2. The fraction of sp³-hybridized carbons (Fsp3) is 0.800. The minimum Gasteiger partial charge on any atom is -0.438 e. The van der Waals surface area contributed by atoms with Crippen molar-refractivity contribution in [3.8, 4) is 0 Å². The van der Waals surface area contributed by atoms with Gasteiger partial charge in [0.1, 0.15) is 10.9 Å². The molecule has 1 atom stereocenters. The molecule has 0 aliphatic carbocycles. The number of carbonyl (C=O) groups is 2. The van der Waals surface area contributed by atoms with Gasteiger partial charge in [-0.3, -0.25) is 9.59 Å². The van der Waals surface area contributed by atoms with Crippen LogP contribution >= 0.6 is 23.2 Å². The lowest BCUT2D eigenvalue weighted by Gasteiger charge is -2.20. The SMILES string of the molecule is CCC(=O)OCOC(CC(=O)N(C)C)C(Cl)Cl. The Morgan fingerprint density at radius 3 is 2.29 bits per heavy atom. The molecule has 0 spiro atoms. The molecule has 0 bridgehead atoms. The Morgan fingerprint density at radius 2 is 1.88 bits per heavy atom. The molecule has 0 heterocycles. The highest BCUT2D eigenvalue weighted by molar-refractivity contribution is 6.44. The van der Waals surface area contributed by atoms with Gasteiger partial charge in [0.05, 0.1) is 6.42 Å². The Bertz CT molecular complexity index is 259. The van der Waals surface area contributed by atoms with Gasteiger partial charge in [-0.05, 0) is 0 Å². The number of esters is 1. The first kappa shape index (κ1) is 16.5. The molecule has 1 amide bonds. The predicted octanol–water partition coefficient (Wildman–Crippen LogP) is 1.56. The van der Waals surface area contributed by atoms with Crippen LogP contribution in [0.4, 0.5) is 0 Å². The fourth-order valence-electron chi connectivity index (χ4n) is 0.865. The highest BCUT2D eigenvalue weighted by Crippen LogP contribution is 2.16. The lowest BCUT2D eigenvalue weighted by Crippen LogP contribution is -2.31. The van der Waals surface area contributed by atoms with Gasteiger partial charge >= 0.3 is 5.97 Å². The zero-order valence-electron chi connectivity index (χ0n) is 10.1. The molecule has 0 saturated carbocycles. The number of alkyl halides is 2. The van der Waals surface area contributed by atoms with E-state index >= 15 is 0 Å². The largest absolute Gasteiger partial charge is 0.438 e. The van der Waals surface area contributed by atoms with Gasteiger partial charge in [-0.2, -0.15) is 0 Å². The first-order valence-corrected chi connectivity index (χ1v) is 6.01. The Labute approximate surface area is 111 Å². The number of hydrogen-bond acceptors (Lipinski definition) is 4. The molecule has 7 heteroatoms. The van der Waals surface area contributed by atoms with Gasteiger partial charge in [0.15, 0.2) is 6.79 Å². The van der Waals surface area contributed by atoms with Crippen molar-refractivity contribution < 1.29 is 19.1 Å². The second-order valence-electron chi connectivity index (χ2n) is 3.52. The first-order chi connectivity index (χ1) is 7.88. The molecule has 0 saturated heterocycles. The molecule has 0 aromatic rings. The van der Waals surface area contributed by atoms with Crippen LogP contribution in [0.5, 0.6) is 0 Å². The second-order valence-corrected chi connectivity index (χ2v) is 4.68. The average Bonchev–Trinajstić information content (AvgIpc) is 2.26. The van der Waals surface area contributed by atoms with Crippen molar-refractivity contribution in [1.82, 2.24) is 4.90 Å². The molecule has 100 valence electrons. The summed E-state index contributed by atoms with van der Waals surface area (Å²) in [6.07, 6.45) is -0.401. The summed E-state index contributed by atoms with van der Waals surface area (Å²) >= 11 is 11.3. The Hall–Kier alpha value is -0.520. The van der Waals surface area contributed by atoms with Crippen molar-refractivity contribution in [2.24, 2.45) is 0 Å². The molecule has 1 unspecified atom stereocenters. The van der Waals surface area contributed by atoms with Crippen LogP contribution in [0.15, 0.2) is 0 Å². The van der Waals surface area contributed by atoms with E-state index in [1.807, 2.05) is 0 Å². The van der Waals surface area contributed by atoms with Gasteiger partial charge in [-0.1, -0.05) is 6.92 Å². The summed E-state index contributed by atoms with van der Waals surface area (Å²) in [7, 11) is 3.24. The third-order valence-corrected chi connectivity index (χ3v) is 2.51. The second kappa shape index (κ2) is 8.55. The maximum atomic E-state index is 11.4. The first-order valence-electron chi connectivity index (χ1n) is 5.14. The maximum absolute atomic E-state index is 11.4. The smallest absolute Gasteiger partial charge is 0.307 e. The number of nitrogens with zero attached hydrogens (tertiary/aromatic N) is 1. The zero-order valence-corrected chi connectivity index (χ0v) is 11.6. The van der Waals surface area contributed by atoms with Crippen LogP contribution in [0.25, 0.3) is 0 Å². The molecule has 0 fully saturated rings. The van der Waals surface area contributed by atoms with E-state index in [9.17, 15) is 9.59 Å². The minimum absolute atomic E-state index is 0.0361. The Balaban J connectivity index is 4.08. The fourth-order valence-corrected chi connectivity index (χ4v) is 1.19. The Morgan fingerprint density at radius 1 is 1.29 bits per heavy atom. The molecule has 5 nitrogen and oxygen atoms in total. The van der Waals surface area contributed by atoms with Crippen molar-refractivity contribution in [2.75, 3.05) is 20.9 Å². The minimum atomic E-state index is -0.862. The predicted molar refractivity (Wildman–Crippen MR) is 64.9 cm³/mol. The number of halogens is 2. The topological polar surface area (TPSA) is 55.8 Å². The van der Waals surface area contributed by atoms with Crippen LogP contribution in [-0.2, 0) is 19.1 Å². The van der Waals surface area contributed by atoms with E-state index in [0.717, 1.165) is 0 Å². The van der Waals surface area contributed by atoms with Crippen LogP contribution in [-0.4, -0.2) is 48.6 Å². The van der Waals surface area contributed by atoms with Gasteiger partial charge in [0.25, 0.3) is 0 Å². The van der Waals surface area contributed by atoms with Crippen LogP contribution in [0.1, 0.15) is 19.8 Å². The van der Waals surface area contributed by atoms with Crippen LogP contribution in [0.2, 0.25) is 0 Å². The molecule has 0 aliphatic heterocycles. The van der Waals surface area contributed by atoms with Crippen LogP contribution in [0, 0.1) is 0 Å². The molecule has 0 aromatic carbocycles. The van der Waals surface area contributed by atoms with E-state index in [4.69, 9.17) is 32.7 Å². The quantitative estimate of drug-likeness (QED) is 0.405. The summed E-state index contributed by atoms with van der Waals surface area (Å²) in [6.45, 7) is 1.41. The average molecular weight is 286 g/mol. The zero-order chi connectivity index (χ0) is 13.4. The molecule has 0 rings (SSSR count). The van der Waals surface area contributed by atoms with Gasteiger partial charge in [0, 0.05) is 20.5 Å². The molecule has 0 aliphatic rings. The third kappa shape index (κ3) is 7.41. The number of amides is 1. The maximum Gasteiger partial charge on any atom is 0.307 e. The summed E-state index contributed by atoms with van der Waals surface area (Å²) in [5, 5.41) is 0. The normalized spacial score (nSPS) is 12.4. The highest BCUT2D eigenvalue weighted by Gasteiger charge is 2.22. The van der Waals surface area contributed by atoms with Crippen molar-refractivity contribution in [1.29, 1.82) is 0 Å². The van der Waals surface area contributed by atoms with E-state index in [-0.39, 0.29) is 31.5 Å². The lowest BCUT2D eigenvalue weighted by molar-refractivity contribution is -0.161. The van der Waals surface area contributed by atoms with E-state index in [0.29, 0.717) is 0 Å². The van der Waals surface area contributed by atoms with Crippen molar-refractivity contribution in [3.63, 3.8) is 0 Å². The van der Waals surface area contributed by atoms with E-state index in [1.165, 1.54) is 4.90 Å². The number of carbonyl (C=O) groups excluding carboxylic acids is 2. The molecule has 0 aromatic heterocycles. The van der Waals surface area contributed by atoms with Gasteiger partial charge < -0.3 is 14.4 Å². The summed E-state index contributed by atoms with van der Waals surface area (Å²) in [4.78, 5) is 22.8. The van der Waals surface area contributed by atoms with Crippen LogP contribution in [0.3, 0.4) is 0 Å². The van der Waals surface area contributed by atoms with Gasteiger partial charge in [-0.25, -0.2) is 0 Å². The molecule has 17 heavy (non-hydrogen) atoms. The van der Waals surface area contributed by atoms with Gasteiger partial charge in [0.2, 0.25) is 5.91 Å².